The third kappa shape index (κ3) is 4.86. The van der Waals surface area contributed by atoms with Gasteiger partial charge in [0.2, 0.25) is 5.78 Å². The number of ether oxygens (including phenoxy) is 1. The number of carbonyl (C=O) groups is 2. The Morgan fingerprint density at radius 2 is 1.61 bits per heavy atom. The maximum atomic E-state index is 13.0. The smallest absolute Gasteiger partial charge is 0.201 e. The van der Waals surface area contributed by atoms with Crippen LogP contribution in [0.1, 0.15) is 64.6 Å². The standard InChI is InChI=1S/C25H26O6/c1-14(6-5-8-25(3,4)30)7-9-31-16-12-18-22(20(27)13-16)24(29)21-17(23(18)28)10-15(2)11-19(21)26/h5,7-8,10-13,26-27,30H,6,9H2,1-4H3. The van der Waals surface area contributed by atoms with E-state index in [0.29, 0.717) is 12.0 Å². The van der Waals surface area contributed by atoms with E-state index < -0.39 is 17.2 Å². The molecular formula is C25H26O6. The maximum Gasteiger partial charge on any atom is 0.201 e. The number of allylic oxidation sites excluding steroid dienone is 2. The summed E-state index contributed by atoms with van der Waals surface area (Å²) in [5.41, 5.74) is 0.741. The molecule has 0 aromatic heterocycles. The van der Waals surface area contributed by atoms with Gasteiger partial charge < -0.3 is 20.1 Å². The molecule has 0 saturated heterocycles. The minimum absolute atomic E-state index is 0.0475. The number of rotatable bonds is 6. The number of ketones is 2. The van der Waals surface area contributed by atoms with E-state index >= 15 is 0 Å². The molecule has 0 radical (unpaired) electrons. The molecular weight excluding hydrogens is 396 g/mol. The topological polar surface area (TPSA) is 104 Å². The molecule has 0 saturated carbocycles. The number of aryl methyl sites for hydroxylation is 1. The van der Waals surface area contributed by atoms with Gasteiger partial charge in [0.05, 0.1) is 16.7 Å². The fourth-order valence-electron chi connectivity index (χ4n) is 3.45. The number of hydrogen-bond donors (Lipinski definition) is 3. The second kappa shape index (κ2) is 8.40. The van der Waals surface area contributed by atoms with Crippen molar-refractivity contribution in [2.45, 2.75) is 39.7 Å². The van der Waals surface area contributed by atoms with E-state index in [1.165, 1.54) is 18.2 Å². The Kier molecular flexibility index (Phi) is 6.04. The molecule has 0 aliphatic heterocycles. The van der Waals surface area contributed by atoms with E-state index in [2.05, 4.69) is 0 Å². The molecule has 2 aromatic carbocycles. The fourth-order valence-corrected chi connectivity index (χ4v) is 3.45. The molecule has 6 nitrogen and oxygen atoms in total. The van der Waals surface area contributed by atoms with E-state index in [0.717, 1.165) is 5.57 Å². The molecule has 2 aromatic rings. The number of phenols is 2. The van der Waals surface area contributed by atoms with Crippen LogP contribution in [-0.4, -0.2) is 39.1 Å². The van der Waals surface area contributed by atoms with E-state index in [1.807, 2.05) is 19.1 Å². The lowest BCUT2D eigenvalue weighted by Gasteiger charge is -2.20. The molecule has 0 heterocycles. The summed E-state index contributed by atoms with van der Waals surface area (Å²) in [5.74, 6) is -1.44. The average Bonchev–Trinajstić information content (AvgIpc) is 2.64. The zero-order valence-corrected chi connectivity index (χ0v) is 18.0. The minimum atomic E-state index is -0.866. The van der Waals surface area contributed by atoms with Crippen LogP contribution in [0.3, 0.4) is 0 Å². The highest BCUT2D eigenvalue weighted by Gasteiger charge is 2.35. The van der Waals surface area contributed by atoms with E-state index in [1.54, 1.807) is 32.9 Å². The Hall–Kier alpha value is -3.38. The summed E-state index contributed by atoms with van der Waals surface area (Å²) in [6.07, 6.45) is 6.09. The summed E-state index contributed by atoms with van der Waals surface area (Å²) in [4.78, 5) is 25.8. The molecule has 3 N–H and O–H groups in total. The van der Waals surface area contributed by atoms with Crippen LogP contribution in [0, 0.1) is 6.92 Å². The third-order valence-corrected chi connectivity index (χ3v) is 4.94. The number of hydrogen-bond acceptors (Lipinski definition) is 6. The summed E-state index contributed by atoms with van der Waals surface area (Å²) >= 11 is 0. The van der Waals surface area contributed by atoms with Crippen molar-refractivity contribution in [2.75, 3.05) is 6.61 Å². The first-order valence-corrected chi connectivity index (χ1v) is 9.96. The molecule has 6 heteroatoms. The van der Waals surface area contributed by atoms with Gasteiger partial charge in [-0.05, 0) is 64.0 Å². The van der Waals surface area contributed by atoms with Crippen LogP contribution in [0.2, 0.25) is 0 Å². The molecule has 0 amide bonds. The van der Waals surface area contributed by atoms with Crippen molar-refractivity contribution in [1.82, 2.24) is 0 Å². The summed E-state index contributed by atoms with van der Waals surface area (Å²) in [6.45, 7) is 7.24. The SMILES string of the molecule is CC(=CCOc1cc(O)c2c(c1)C(=O)c1cc(C)cc(O)c1C2=O)CC=CC(C)(C)O. The van der Waals surface area contributed by atoms with Crippen molar-refractivity contribution in [2.24, 2.45) is 0 Å². The van der Waals surface area contributed by atoms with Gasteiger partial charge in [-0.3, -0.25) is 9.59 Å². The molecule has 0 fully saturated rings. The Labute approximate surface area is 181 Å². The van der Waals surface area contributed by atoms with Gasteiger partial charge in [0.25, 0.3) is 0 Å². The lowest BCUT2D eigenvalue weighted by molar-refractivity contribution is 0.0974. The molecule has 0 spiro atoms. The van der Waals surface area contributed by atoms with E-state index in [4.69, 9.17) is 4.74 Å². The summed E-state index contributed by atoms with van der Waals surface area (Å²) in [5, 5.41) is 30.3. The molecule has 1 aliphatic carbocycles. The van der Waals surface area contributed by atoms with Crippen molar-refractivity contribution < 1.29 is 29.6 Å². The lowest BCUT2D eigenvalue weighted by Crippen LogP contribution is -2.21. The van der Waals surface area contributed by atoms with Crippen LogP contribution in [0.4, 0.5) is 0 Å². The second-order valence-electron chi connectivity index (χ2n) is 8.35. The molecule has 0 atom stereocenters. The van der Waals surface area contributed by atoms with Gasteiger partial charge in [-0.2, -0.15) is 0 Å². The Bertz CT molecular complexity index is 1120. The minimum Gasteiger partial charge on any atom is -0.507 e. The zero-order valence-electron chi connectivity index (χ0n) is 18.0. The van der Waals surface area contributed by atoms with Crippen LogP contribution >= 0.6 is 0 Å². The lowest BCUT2D eigenvalue weighted by atomic mass is 9.82. The highest BCUT2D eigenvalue weighted by atomic mass is 16.5. The molecule has 1 aliphatic rings. The summed E-state index contributed by atoms with van der Waals surface area (Å²) in [7, 11) is 0. The van der Waals surface area contributed by atoms with Crippen molar-refractivity contribution in [3.8, 4) is 17.2 Å². The van der Waals surface area contributed by atoms with Crippen LogP contribution in [-0.2, 0) is 0 Å². The van der Waals surface area contributed by atoms with Gasteiger partial charge in [0, 0.05) is 17.2 Å². The van der Waals surface area contributed by atoms with Gasteiger partial charge in [0.15, 0.2) is 5.78 Å². The van der Waals surface area contributed by atoms with E-state index in [9.17, 15) is 24.9 Å². The largest absolute Gasteiger partial charge is 0.507 e. The monoisotopic (exact) mass is 422 g/mol. The Morgan fingerprint density at radius 1 is 1.00 bits per heavy atom. The van der Waals surface area contributed by atoms with Crippen LogP contribution in [0.5, 0.6) is 17.2 Å². The van der Waals surface area contributed by atoms with Crippen LogP contribution < -0.4 is 4.74 Å². The average molecular weight is 422 g/mol. The molecule has 3 rings (SSSR count). The summed E-state index contributed by atoms with van der Waals surface area (Å²) in [6, 6.07) is 5.69. The molecule has 162 valence electrons. The van der Waals surface area contributed by atoms with Gasteiger partial charge >= 0.3 is 0 Å². The highest BCUT2D eigenvalue weighted by molar-refractivity contribution is 6.30. The van der Waals surface area contributed by atoms with Crippen LogP contribution in [0.25, 0.3) is 0 Å². The first-order valence-electron chi connectivity index (χ1n) is 9.96. The number of aromatic hydroxyl groups is 2. The fraction of sp³-hybridized carbons (Fsp3) is 0.280. The summed E-state index contributed by atoms with van der Waals surface area (Å²) < 4.78 is 5.67. The second-order valence-corrected chi connectivity index (χ2v) is 8.35. The highest BCUT2D eigenvalue weighted by Crippen LogP contribution is 2.39. The van der Waals surface area contributed by atoms with Gasteiger partial charge in [-0.25, -0.2) is 0 Å². The van der Waals surface area contributed by atoms with Crippen molar-refractivity contribution in [3.05, 3.63) is 75.9 Å². The first kappa shape index (κ1) is 22.3. The van der Waals surface area contributed by atoms with Crippen molar-refractivity contribution in [1.29, 1.82) is 0 Å². The molecule has 31 heavy (non-hydrogen) atoms. The van der Waals surface area contributed by atoms with Crippen molar-refractivity contribution in [3.63, 3.8) is 0 Å². The van der Waals surface area contributed by atoms with Gasteiger partial charge in [0.1, 0.15) is 23.9 Å². The van der Waals surface area contributed by atoms with Gasteiger partial charge in [-0.1, -0.05) is 17.7 Å². The van der Waals surface area contributed by atoms with Crippen molar-refractivity contribution >= 4 is 11.6 Å². The van der Waals surface area contributed by atoms with E-state index in [-0.39, 0.29) is 46.1 Å². The predicted molar refractivity (Wildman–Crippen MR) is 117 cm³/mol. The molecule has 0 bridgehead atoms. The maximum absolute atomic E-state index is 13.0. The Morgan fingerprint density at radius 3 is 2.26 bits per heavy atom. The molecule has 0 unspecified atom stereocenters. The van der Waals surface area contributed by atoms with Crippen LogP contribution in [0.15, 0.2) is 48.1 Å². The third-order valence-electron chi connectivity index (χ3n) is 4.94. The normalized spacial score (nSPS) is 14.0. The number of phenolic OH excluding ortho intramolecular Hbond substituents is 2. The number of fused-ring (bicyclic) bond motifs is 2. The number of aliphatic hydroxyl groups is 1. The quantitative estimate of drug-likeness (QED) is 0.514. The van der Waals surface area contributed by atoms with Gasteiger partial charge in [-0.15, -0.1) is 0 Å². The number of carbonyl (C=O) groups excluding carboxylic acids is 2. The predicted octanol–water partition coefficient (Wildman–Crippen LogP) is 4.22. The Balaban J connectivity index is 1.82. The zero-order chi connectivity index (χ0) is 22.9. The first-order chi connectivity index (χ1) is 14.5. The number of benzene rings is 2.